The van der Waals surface area contributed by atoms with Crippen molar-refractivity contribution >= 4 is 40.4 Å². The van der Waals surface area contributed by atoms with Crippen LogP contribution in [0.3, 0.4) is 0 Å². The molecule has 0 saturated heterocycles. The van der Waals surface area contributed by atoms with E-state index in [2.05, 4.69) is 15.6 Å². The van der Waals surface area contributed by atoms with Gasteiger partial charge in [0.2, 0.25) is 5.91 Å². The lowest BCUT2D eigenvalue weighted by Gasteiger charge is -2.15. The van der Waals surface area contributed by atoms with E-state index < -0.39 is 12.0 Å². The first kappa shape index (κ1) is 25.8. The Bertz CT molecular complexity index is 1580. The molecule has 0 bridgehead atoms. The van der Waals surface area contributed by atoms with Crippen molar-refractivity contribution < 1.29 is 28.6 Å². The van der Waals surface area contributed by atoms with E-state index in [0.29, 0.717) is 52.2 Å². The summed E-state index contributed by atoms with van der Waals surface area (Å²) >= 11 is 0. The molecule has 10 heteroatoms. The van der Waals surface area contributed by atoms with Gasteiger partial charge < -0.3 is 34.5 Å². The van der Waals surface area contributed by atoms with Gasteiger partial charge in [0.05, 0.1) is 12.8 Å². The van der Waals surface area contributed by atoms with E-state index >= 15 is 0 Å². The summed E-state index contributed by atoms with van der Waals surface area (Å²) in [5.74, 6) is 2.17. The minimum Gasteiger partial charge on any atom is -0.497 e. The monoisotopic (exact) mass is 528 g/mol. The van der Waals surface area contributed by atoms with Gasteiger partial charge in [-0.2, -0.15) is 0 Å². The number of nitrogens with one attached hydrogen (secondary N) is 2. The third-order valence-corrected chi connectivity index (χ3v) is 6.38. The minimum atomic E-state index is -1.17. The maximum absolute atomic E-state index is 12.9. The lowest BCUT2D eigenvalue weighted by atomic mass is 10.1. The number of rotatable bonds is 7. The van der Waals surface area contributed by atoms with E-state index in [9.17, 15) is 14.7 Å². The van der Waals surface area contributed by atoms with Gasteiger partial charge in [0.25, 0.3) is 5.91 Å². The largest absolute Gasteiger partial charge is 0.497 e. The number of aryl methyl sites for hydroxylation is 1. The third-order valence-electron chi connectivity index (χ3n) is 6.38. The summed E-state index contributed by atoms with van der Waals surface area (Å²) in [7, 11) is 3.32. The molecule has 4 aromatic rings. The zero-order valence-corrected chi connectivity index (χ0v) is 21.7. The molecule has 0 spiro atoms. The molecule has 10 nitrogen and oxygen atoms in total. The number of pyridine rings is 1. The second-order valence-electron chi connectivity index (χ2n) is 9.13. The normalized spacial score (nSPS) is 14.9. The summed E-state index contributed by atoms with van der Waals surface area (Å²) < 4.78 is 17.4. The first-order valence-corrected chi connectivity index (χ1v) is 12.3. The number of hydrogen-bond donors (Lipinski definition) is 3. The molecule has 0 fully saturated rings. The van der Waals surface area contributed by atoms with Gasteiger partial charge in [-0.3, -0.25) is 9.59 Å². The third kappa shape index (κ3) is 5.55. The Labute approximate surface area is 224 Å². The smallest absolute Gasteiger partial charge is 0.256 e. The number of methoxy groups -OCH3 is 1. The molecule has 2 amide bonds. The standard InChI is InChI=1S/C29H28N4O6/c1-17-22(21-8-5-9-25(27(21)38-17)39-20-7-4-6-19(13-20)37-3)16-33(2)26(35)11-10-18-12-23-28(31-14-18)32-29(36)24(34)15-30-23/h4-14,24,30,34H,15-16H2,1-3H3,(H,31,32,36)/b11-10+. The molecular weight excluding hydrogens is 500 g/mol. The Kier molecular flexibility index (Phi) is 7.20. The van der Waals surface area contributed by atoms with Gasteiger partial charge in [-0.15, -0.1) is 0 Å². The van der Waals surface area contributed by atoms with Crippen LogP contribution in [0.4, 0.5) is 11.5 Å². The number of furan rings is 1. The highest BCUT2D eigenvalue weighted by Gasteiger charge is 2.22. The molecule has 1 aliphatic heterocycles. The van der Waals surface area contributed by atoms with Crippen LogP contribution in [0.15, 0.2) is 65.2 Å². The summed E-state index contributed by atoms with van der Waals surface area (Å²) in [5.41, 5.74) is 2.72. The van der Waals surface area contributed by atoms with Crippen LogP contribution >= 0.6 is 0 Å². The van der Waals surface area contributed by atoms with Crippen LogP contribution in [0.25, 0.3) is 17.0 Å². The second kappa shape index (κ2) is 10.9. The molecule has 5 rings (SSSR count). The summed E-state index contributed by atoms with van der Waals surface area (Å²) in [6.07, 6.45) is 3.49. The van der Waals surface area contributed by atoms with Crippen molar-refractivity contribution in [2.45, 2.75) is 19.6 Å². The van der Waals surface area contributed by atoms with Crippen LogP contribution in [-0.4, -0.2) is 53.6 Å². The summed E-state index contributed by atoms with van der Waals surface area (Å²) in [6, 6.07) is 14.7. The van der Waals surface area contributed by atoms with Crippen molar-refractivity contribution in [2.24, 2.45) is 0 Å². The fourth-order valence-corrected chi connectivity index (χ4v) is 4.25. The number of carbonyl (C=O) groups excluding carboxylic acids is 2. The number of aliphatic hydroxyl groups is 1. The number of nitrogens with zero attached hydrogens (tertiary/aromatic N) is 2. The van der Waals surface area contributed by atoms with E-state index in [4.69, 9.17) is 13.9 Å². The van der Waals surface area contributed by atoms with Gasteiger partial charge in [-0.1, -0.05) is 18.2 Å². The second-order valence-corrected chi connectivity index (χ2v) is 9.13. The number of anilines is 2. The quantitative estimate of drug-likeness (QED) is 0.303. The number of β-amino-alcohol motifs (C(OH)–C–C–N with tert-alkyl or cyclic N) is 1. The molecule has 1 aliphatic rings. The number of benzene rings is 2. The lowest BCUT2D eigenvalue weighted by Crippen LogP contribution is -2.30. The summed E-state index contributed by atoms with van der Waals surface area (Å²) in [5, 5.41) is 16.2. The Hall–Kier alpha value is -4.83. The molecule has 3 heterocycles. The zero-order chi connectivity index (χ0) is 27.5. The number of amides is 2. The Balaban J connectivity index is 1.31. The number of hydrogen-bond acceptors (Lipinski definition) is 8. The highest BCUT2D eigenvalue weighted by atomic mass is 16.5. The zero-order valence-electron chi connectivity index (χ0n) is 21.7. The Morgan fingerprint density at radius 3 is 2.85 bits per heavy atom. The fraction of sp³-hybridized carbons (Fsp3) is 0.207. The molecule has 2 aromatic carbocycles. The molecule has 2 aromatic heterocycles. The lowest BCUT2D eigenvalue weighted by molar-refractivity contribution is -0.125. The van der Waals surface area contributed by atoms with Crippen molar-refractivity contribution in [1.82, 2.24) is 9.88 Å². The topological polar surface area (TPSA) is 126 Å². The fourth-order valence-electron chi connectivity index (χ4n) is 4.25. The van der Waals surface area contributed by atoms with Crippen LogP contribution in [0.2, 0.25) is 0 Å². The summed E-state index contributed by atoms with van der Waals surface area (Å²) in [4.78, 5) is 30.5. The first-order chi connectivity index (χ1) is 18.8. The van der Waals surface area contributed by atoms with Crippen molar-refractivity contribution in [3.63, 3.8) is 0 Å². The number of para-hydroxylation sites is 1. The van der Waals surface area contributed by atoms with Crippen molar-refractivity contribution in [2.75, 3.05) is 31.3 Å². The number of carbonyl (C=O) groups is 2. The van der Waals surface area contributed by atoms with Crippen LogP contribution in [0.5, 0.6) is 17.2 Å². The predicted molar refractivity (Wildman–Crippen MR) is 147 cm³/mol. The van der Waals surface area contributed by atoms with Crippen LogP contribution < -0.4 is 20.1 Å². The van der Waals surface area contributed by atoms with Crippen LogP contribution in [-0.2, 0) is 16.1 Å². The average molecular weight is 529 g/mol. The predicted octanol–water partition coefficient (Wildman–Crippen LogP) is 4.33. The van der Waals surface area contributed by atoms with Gasteiger partial charge in [0, 0.05) is 49.4 Å². The van der Waals surface area contributed by atoms with Gasteiger partial charge in [-0.25, -0.2) is 4.98 Å². The molecule has 39 heavy (non-hydrogen) atoms. The molecule has 200 valence electrons. The molecule has 0 radical (unpaired) electrons. The first-order valence-electron chi connectivity index (χ1n) is 12.3. The SMILES string of the molecule is COc1cccc(Oc2cccc3c(CN(C)C(=O)/C=C/c4cnc5c(c4)NCC(O)C(=O)N5)c(C)oc23)c1. The van der Waals surface area contributed by atoms with Gasteiger partial charge >= 0.3 is 0 Å². The van der Waals surface area contributed by atoms with Gasteiger partial charge in [0.15, 0.2) is 17.2 Å². The van der Waals surface area contributed by atoms with E-state index in [0.717, 1.165) is 10.9 Å². The maximum Gasteiger partial charge on any atom is 0.256 e. The molecule has 0 aliphatic carbocycles. The minimum absolute atomic E-state index is 0.0691. The molecule has 1 unspecified atom stereocenters. The summed E-state index contributed by atoms with van der Waals surface area (Å²) in [6.45, 7) is 2.26. The van der Waals surface area contributed by atoms with E-state index in [1.54, 1.807) is 43.5 Å². The molecular formula is C29H28N4O6. The Morgan fingerprint density at radius 1 is 1.23 bits per heavy atom. The van der Waals surface area contributed by atoms with Gasteiger partial charge in [-0.05, 0) is 42.8 Å². The van der Waals surface area contributed by atoms with Crippen molar-refractivity contribution in [1.29, 1.82) is 0 Å². The number of likely N-dealkylation sites (N-methyl/N-ethyl adjacent to an activating group) is 1. The molecule has 1 atom stereocenters. The van der Waals surface area contributed by atoms with E-state index in [1.807, 2.05) is 43.3 Å². The Morgan fingerprint density at radius 2 is 2.03 bits per heavy atom. The van der Waals surface area contributed by atoms with E-state index in [1.165, 1.54) is 6.08 Å². The number of ether oxygens (including phenoxy) is 2. The number of aromatic nitrogens is 1. The highest BCUT2D eigenvalue weighted by molar-refractivity contribution is 5.98. The number of aliphatic hydroxyl groups excluding tert-OH is 1. The maximum atomic E-state index is 12.9. The molecule has 0 saturated carbocycles. The highest BCUT2D eigenvalue weighted by Crippen LogP contribution is 2.36. The molecule has 3 N–H and O–H groups in total. The van der Waals surface area contributed by atoms with E-state index in [-0.39, 0.29) is 12.5 Å². The van der Waals surface area contributed by atoms with Crippen LogP contribution in [0.1, 0.15) is 16.9 Å². The van der Waals surface area contributed by atoms with Crippen LogP contribution in [0, 0.1) is 6.92 Å². The van der Waals surface area contributed by atoms with Gasteiger partial charge in [0.1, 0.15) is 23.4 Å². The average Bonchev–Trinajstić information content (AvgIpc) is 3.18. The van der Waals surface area contributed by atoms with Crippen molar-refractivity contribution in [3.05, 3.63) is 77.7 Å². The van der Waals surface area contributed by atoms with Crippen molar-refractivity contribution in [3.8, 4) is 17.2 Å². The number of fused-ring (bicyclic) bond motifs is 2.